The lowest BCUT2D eigenvalue weighted by atomic mass is 10.2. The number of anilines is 1. The van der Waals surface area contributed by atoms with Crippen LogP contribution in [0.4, 0.5) is 10.1 Å². The third-order valence-electron chi connectivity index (χ3n) is 1.86. The molecule has 0 fully saturated rings. The zero-order chi connectivity index (χ0) is 10.3. The SMILES string of the molecule is Nc1cc(Cl)c(F)c2c1cnn2PI. The second kappa shape index (κ2) is 3.79. The number of nitrogen functional groups attached to an aromatic ring is 1. The van der Waals surface area contributed by atoms with E-state index in [4.69, 9.17) is 17.3 Å². The number of hydrogen-bond acceptors (Lipinski definition) is 2. The van der Waals surface area contributed by atoms with Gasteiger partial charge in [-0.2, -0.15) is 5.10 Å². The maximum Gasteiger partial charge on any atom is 0.168 e. The third kappa shape index (κ3) is 1.47. The molecule has 1 unspecified atom stereocenters. The van der Waals surface area contributed by atoms with Gasteiger partial charge in [-0.05, 0) is 28.1 Å². The molecule has 2 rings (SSSR count). The predicted molar refractivity (Wildman–Crippen MR) is 66.8 cm³/mol. The van der Waals surface area contributed by atoms with E-state index in [0.717, 1.165) is 0 Å². The Morgan fingerprint density at radius 2 is 2.36 bits per heavy atom. The minimum absolute atomic E-state index is 0.0337. The highest BCUT2D eigenvalue weighted by molar-refractivity contribution is 14.2. The van der Waals surface area contributed by atoms with Crippen molar-refractivity contribution in [3.63, 3.8) is 0 Å². The van der Waals surface area contributed by atoms with E-state index in [1.54, 1.807) is 10.6 Å². The second-order valence-electron chi connectivity index (χ2n) is 2.66. The standard InChI is InChI=1S/C7H5ClFIN3P/c8-4-1-5(11)3-2-12-13(14-10)7(3)6(4)9/h1-2,14H,11H2. The average Bonchev–Trinajstić information content (AvgIpc) is 2.58. The number of benzene rings is 1. The number of hydrogen-bond donors (Lipinski definition) is 1. The molecule has 0 saturated carbocycles. The van der Waals surface area contributed by atoms with Crippen LogP contribution in [0.3, 0.4) is 0 Å². The Hall–Kier alpha value is -0.130. The molecule has 0 spiro atoms. The minimum atomic E-state index is -0.461. The van der Waals surface area contributed by atoms with Crippen molar-refractivity contribution >= 4 is 56.6 Å². The molecule has 14 heavy (non-hydrogen) atoms. The Bertz CT molecular complexity index is 501. The van der Waals surface area contributed by atoms with Crippen molar-refractivity contribution in [1.82, 2.24) is 9.55 Å². The van der Waals surface area contributed by atoms with Crippen LogP contribution < -0.4 is 5.73 Å². The molecule has 1 aromatic carbocycles. The Kier molecular flexibility index (Phi) is 2.81. The van der Waals surface area contributed by atoms with Gasteiger partial charge in [0.15, 0.2) is 5.82 Å². The van der Waals surface area contributed by atoms with Gasteiger partial charge in [0, 0.05) is 11.1 Å². The van der Waals surface area contributed by atoms with Crippen LogP contribution in [0.25, 0.3) is 10.9 Å². The molecule has 0 amide bonds. The topological polar surface area (TPSA) is 43.8 Å². The van der Waals surface area contributed by atoms with Crippen LogP contribution >= 0.6 is 40.0 Å². The lowest BCUT2D eigenvalue weighted by molar-refractivity contribution is 0.635. The van der Waals surface area contributed by atoms with E-state index >= 15 is 0 Å². The van der Waals surface area contributed by atoms with Gasteiger partial charge in [-0.3, -0.25) is 0 Å². The maximum absolute atomic E-state index is 13.6. The van der Waals surface area contributed by atoms with Gasteiger partial charge < -0.3 is 5.73 Å². The molecule has 0 aliphatic heterocycles. The van der Waals surface area contributed by atoms with Gasteiger partial charge >= 0.3 is 0 Å². The first-order valence-corrected chi connectivity index (χ1v) is 8.07. The summed E-state index contributed by atoms with van der Waals surface area (Å²) in [5, 5.41) is 4.66. The molecule has 0 bridgehead atoms. The summed E-state index contributed by atoms with van der Waals surface area (Å²) in [4.78, 5) is 0. The molecule has 0 radical (unpaired) electrons. The highest BCUT2D eigenvalue weighted by Gasteiger charge is 2.13. The van der Waals surface area contributed by atoms with E-state index in [2.05, 4.69) is 27.1 Å². The molecule has 2 aromatic rings. The van der Waals surface area contributed by atoms with Gasteiger partial charge in [-0.1, -0.05) is 11.6 Å². The van der Waals surface area contributed by atoms with E-state index in [1.165, 1.54) is 6.07 Å². The third-order valence-corrected chi connectivity index (χ3v) is 4.01. The summed E-state index contributed by atoms with van der Waals surface area (Å²) in [5.74, 6) is -0.461. The number of rotatable bonds is 1. The fourth-order valence-corrected chi connectivity index (χ4v) is 2.93. The van der Waals surface area contributed by atoms with Crippen molar-refractivity contribution < 1.29 is 4.39 Å². The fraction of sp³-hybridized carbons (Fsp3) is 0. The minimum Gasteiger partial charge on any atom is -0.398 e. The zero-order valence-electron chi connectivity index (χ0n) is 6.76. The summed E-state index contributed by atoms with van der Waals surface area (Å²) < 4.78 is 15.2. The average molecular weight is 343 g/mol. The number of halogens is 3. The van der Waals surface area contributed by atoms with E-state index in [1.807, 2.05) is 0 Å². The summed E-state index contributed by atoms with van der Waals surface area (Å²) in [6, 6.07) is 1.40. The quantitative estimate of drug-likeness (QED) is 0.491. The summed E-state index contributed by atoms with van der Waals surface area (Å²) in [7, 11) is 0. The lowest BCUT2D eigenvalue weighted by Gasteiger charge is -2.02. The fourth-order valence-electron chi connectivity index (χ4n) is 1.23. The number of nitrogens with zero attached hydrogens (tertiary/aromatic N) is 2. The first kappa shape index (κ1) is 10.4. The van der Waals surface area contributed by atoms with Gasteiger partial charge in [-0.25, -0.2) is 8.84 Å². The molecular weight excluding hydrogens is 338 g/mol. The van der Waals surface area contributed by atoms with Gasteiger partial charge in [0.25, 0.3) is 0 Å². The van der Waals surface area contributed by atoms with Crippen molar-refractivity contribution in [3.8, 4) is 0 Å². The van der Waals surface area contributed by atoms with Gasteiger partial charge in [0.1, 0.15) is 5.52 Å². The second-order valence-corrected chi connectivity index (χ2v) is 5.11. The highest BCUT2D eigenvalue weighted by atomic mass is 127. The lowest BCUT2D eigenvalue weighted by Crippen LogP contribution is -1.91. The number of aromatic nitrogens is 2. The summed E-state index contributed by atoms with van der Waals surface area (Å²) in [6.07, 6.45) is 1.87. The van der Waals surface area contributed by atoms with E-state index < -0.39 is 5.82 Å². The highest BCUT2D eigenvalue weighted by Crippen LogP contribution is 2.35. The van der Waals surface area contributed by atoms with E-state index in [9.17, 15) is 4.39 Å². The van der Waals surface area contributed by atoms with Gasteiger partial charge in [0.2, 0.25) is 0 Å². The largest absolute Gasteiger partial charge is 0.398 e. The van der Waals surface area contributed by atoms with E-state index in [0.29, 0.717) is 23.0 Å². The molecule has 7 heteroatoms. The van der Waals surface area contributed by atoms with Gasteiger partial charge in [-0.15, -0.1) is 0 Å². The summed E-state index contributed by atoms with van der Waals surface area (Å²) in [5.41, 5.74) is 6.52. The first-order valence-electron chi connectivity index (χ1n) is 3.63. The monoisotopic (exact) mass is 343 g/mol. The summed E-state index contributed by atoms with van der Waals surface area (Å²) >= 11 is 7.80. The van der Waals surface area contributed by atoms with Crippen molar-refractivity contribution in [2.75, 3.05) is 5.73 Å². The van der Waals surface area contributed by atoms with Crippen molar-refractivity contribution in [2.24, 2.45) is 0 Å². The first-order chi connectivity index (χ1) is 6.65. The molecule has 1 atom stereocenters. The Morgan fingerprint density at radius 3 is 3.00 bits per heavy atom. The van der Waals surface area contributed by atoms with Crippen LogP contribution in [0.15, 0.2) is 12.3 Å². The summed E-state index contributed by atoms with van der Waals surface area (Å²) in [6.45, 7) is 0. The molecule has 1 heterocycles. The van der Waals surface area contributed by atoms with Crippen LogP contribution in [0.5, 0.6) is 0 Å². The predicted octanol–water partition coefficient (Wildman–Crippen LogP) is 3.20. The van der Waals surface area contributed by atoms with E-state index in [-0.39, 0.29) is 5.02 Å². The molecule has 0 aliphatic carbocycles. The van der Waals surface area contributed by atoms with Crippen molar-refractivity contribution in [1.29, 1.82) is 0 Å². The maximum atomic E-state index is 13.6. The molecule has 74 valence electrons. The molecule has 0 aliphatic rings. The normalized spacial score (nSPS) is 11.9. The van der Waals surface area contributed by atoms with Crippen LogP contribution in [0, 0.1) is 5.82 Å². The van der Waals surface area contributed by atoms with Crippen LogP contribution in [-0.2, 0) is 0 Å². The smallest absolute Gasteiger partial charge is 0.168 e. The van der Waals surface area contributed by atoms with Crippen molar-refractivity contribution in [3.05, 3.63) is 23.1 Å². The van der Waals surface area contributed by atoms with Crippen LogP contribution in [0.2, 0.25) is 5.02 Å². The van der Waals surface area contributed by atoms with Crippen molar-refractivity contribution in [2.45, 2.75) is 0 Å². The number of fused-ring (bicyclic) bond motifs is 1. The molecule has 2 N–H and O–H groups in total. The number of nitrogens with two attached hydrogens (primary N) is 1. The van der Waals surface area contributed by atoms with Crippen LogP contribution in [0.1, 0.15) is 0 Å². The molecule has 0 saturated heterocycles. The Balaban J connectivity index is 2.92. The molecule has 3 nitrogen and oxygen atoms in total. The molecule has 1 aromatic heterocycles. The van der Waals surface area contributed by atoms with Crippen LogP contribution in [-0.4, -0.2) is 9.55 Å². The van der Waals surface area contributed by atoms with Gasteiger partial charge in [0.05, 0.1) is 17.6 Å². The Labute approximate surface area is 99.1 Å². The molecular formula is C7H5ClFIN3P. The zero-order valence-corrected chi connectivity index (χ0v) is 10.7. The Morgan fingerprint density at radius 1 is 1.64 bits per heavy atom.